The van der Waals surface area contributed by atoms with Crippen LogP contribution in [-0.4, -0.2) is 13.3 Å². The molecule has 0 bridgehead atoms. The molecule has 0 aliphatic heterocycles. The minimum Gasteiger partial charge on any atom is -0.497 e. The summed E-state index contributed by atoms with van der Waals surface area (Å²) in [5, 5.41) is 0. The number of rotatable bonds is 4. The summed E-state index contributed by atoms with van der Waals surface area (Å²) in [5.41, 5.74) is 2.31. The third-order valence-electron chi connectivity index (χ3n) is 2.84. The van der Waals surface area contributed by atoms with Crippen molar-refractivity contribution in [2.45, 2.75) is 13.0 Å². The second kappa shape index (κ2) is 6.01. The minimum atomic E-state index is 0.149. The van der Waals surface area contributed by atoms with Crippen LogP contribution >= 0.6 is 0 Å². The largest absolute Gasteiger partial charge is 0.497 e. The fourth-order valence-electron chi connectivity index (χ4n) is 1.71. The summed E-state index contributed by atoms with van der Waals surface area (Å²) >= 11 is 0. The smallest absolute Gasteiger partial charge is 0.118 e. The summed E-state index contributed by atoms with van der Waals surface area (Å²) in [5.74, 6) is 0.873. The molecule has 0 N–H and O–H groups in total. The van der Waals surface area contributed by atoms with E-state index >= 15 is 0 Å². The Labute approximate surface area is 108 Å². The Morgan fingerprint density at radius 1 is 1.00 bits per heavy atom. The van der Waals surface area contributed by atoms with Crippen LogP contribution in [0.2, 0.25) is 0 Å². The molecule has 0 heterocycles. The molecule has 0 saturated carbocycles. The van der Waals surface area contributed by atoms with Crippen molar-refractivity contribution in [2.24, 2.45) is 4.99 Å². The lowest BCUT2D eigenvalue weighted by atomic mass is 10.1. The predicted molar refractivity (Wildman–Crippen MR) is 75.4 cm³/mol. The van der Waals surface area contributed by atoms with E-state index < -0.39 is 0 Å². The van der Waals surface area contributed by atoms with Crippen LogP contribution in [0.15, 0.2) is 59.6 Å². The third kappa shape index (κ3) is 3.20. The highest BCUT2D eigenvalue weighted by Gasteiger charge is 2.02. The van der Waals surface area contributed by atoms with E-state index in [4.69, 9.17) is 4.74 Å². The van der Waals surface area contributed by atoms with Crippen molar-refractivity contribution in [2.75, 3.05) is 7.11 Å². The molecule has 0 aliphatic carbocycles. The quantitative estimate of drug-likeness (QED) is 0.742. The Balaban J connectivity index is 2.07. The summed E-state index contributed by atoms with van der Waals surface area (Å²) in [7, 11) is 1.67. The number of hydrogen-bond donors (Lipinski definition) is 0. The second-order valence-electron chi connectivity index (χ2n) is 4.14. The molecule has 0 amide bonds. The number of ether oxygens (including phenoxy) is 1. The van der Waals surface area contributed by atoms with Gasteiger partial charge in [-0.15, -0.1) is 0 Å². The van der Waals surface area contributed by atoms with Gasteiger partial charge in [-0.05, 0) is 30.2 Å². The number of nitrogens with zero attached hydrogens (tertiary/aromatic N) is 1. The van der Waals surface area contributed by atoms with Crippen molar-refractivity contribution in [1.29, 1.82) is 0 Å². The van der Waals surface area contributed by atoms with E-state index in [0.717, 1.165) is 11.3 Å². The van der Waals surface area contributed by atoms with E-state index in [0.29, 0.717) is 0 Å². The Hall–Kier alpha value is -2.09. The van der Waals surface area contributed by atoms with Crippen LogP contribution in [0.25, 0.3) is 0 Å². The van der Waals surface area contributed by atoms with E-state index in [2.05, 4.69) is 11.9 Å². The van der Waals surface area contributed by atoms with Crippen LogP contribution in [0, 0.1) is 0 Å². The van der Waals surface area contributed by atoms with Crippen LogP contribution in [0.4, 0.5) is 0 Å². The lowest BCUT2D eigenvalue weighted by Crippen LogP contribution is -1.91. The lowest BCUT2D eigenvalue weighted by Gasteiger charge is -2.07. The van der Waals surface area contributed by atoms with Crippen LogP contribution in [0.5, 0.6) is 5.75 Å². The summed E-state index contributed by atoms with van der Waals surface area (Å²) in [4.78, 5) is 4.55. The zero-order valence-electron chi connectivity index (χ0n) is 10.7. The fourth-order valence-corrected chi connectivity index (χ4v) is 1.71. The molecule has 18 heavy (non-hydrogen) atoms. The minimum absolute atomic E-state index is 0.149. The van der Waals surface area contributed by atoms with Crippen molar-refractivity contribution in [3.63, 3.8) is 0 Å². The Kier molecular flexibility index (Phi) is 4.13. The first kappa shape index (κ1) is 12.4. The SMILES string of the molecule is COc1ccc([C@@H](C)N=Cc2ccccc2)cc1. The van der Waals surface area contributed by atoms with Gasteiger partial charge in [0, 0.05) is 6.21 Å². The normalized spacial score (nSPS) is 12.6. The van der Waals surface area contributed by atoms with Crippen molar-refractivity contribution in [3.8, 4) is 5.75 Å². The van der Waals surface area contributed by atoms with Gasteiger partial charge in [0.25, 0.3) is 0 Å². The topological polar surface area (TPSA) is 21.6 Å². The van der Waals surface area contributed by atoms with Crippen LogP contribution < -0.4 is 4.74 Å². The first-order chi connectivity index (χ1) is 8.79. The molecule has 0 aromatic heterocycles. The predicted octanol–water partition coefficient (Wildman–Crippen LogP) is 3.88. The van der Waals surface area contributed by atoms with Gasteiger partial charge in [-0.25, -0.2) is 0 Å². The number of methoxy groups -OCH3 is 1. The molecule has 0 fully saturated rings. The average molecular weight is 239 g/mol. The van der Waals surface area contributed by atoms with Gasteiger partial charge in [0.1, 0.15) is 5.75 Å². The van der Waals surface area contributed by atoms with Crippen LogP contribution in [0.3, 0.4) is 0 Å². The van der Waals surface area contributed by atoms with E-state index in [1.54, 1.807) is 7.11 Å². The average Bonchev–Trinajstić information content (AvgIpc) is 2.46. The van der Waals surface area contributed by atoms with Crippen molar-refractivity contribution < 1.29 is 4.74 Å². The fraction of sp³-hybridized carbons (Fsp3) is 0.188. The molecule has 2 heteroatoms. The Morgan fingerprint density at radius 2 is 1.67 bits per heavy atom. The molecule has 2 aromatic rings. The molecule has 2 nitrogen and oxygen atoms in total. The molecule has 0 saturated heterocycles. The van der Waals surface area contributed by atoms with Gasteiger partial charge >= 0.3 is 0 Å². The molecule has 0 spiro atoms. The third-order valence-corrected chi connectivity index (χ3v) is 2.84. The maximum atomic E-state index is 5.14. The molecule has 2 rings (SSSR count). The number of aliphatic imine (C=N–C) groups is 1. The molecule has 0 unspecified atom stereocenters. The first-order valence-corrected chi connectivity index (χ1v) is 6.02. The molecule has 0 radical (unpaired) electrons. The van der Waals surface area contributed by atoms with E-state index in [1.165, 1.54) is 5.56 Å². The highest BCUT2D eigenvalue weighted by Crippen LogP contribution is 2.19. The molecule has 0 aliphatic rings. The summed E-state index contributed by atoms with van der Waals surface area (Å²) < 4.78 is 5.14. The van der Waals surface area contributed by atoms with E-state index in [-0.39, 0.29) is 6.04 Å². The lowest BCUT2D eigenvalue weighted by molar-refractivity contribution is 0.414. The summed E-state index contributed by atoms with van der Waals surface area (Å²) in [6.07, 6.45) is 1.91. The molecule has 1 atom stereocenters. The van der Waals surface area contributed by atoms with Crippen molar-refractivity contribution in [1.82, 2.24) is 0 Å². The monoisotopic (exact) mass is 239 g/mol. The second-order valence-corrected chi connectivity index (χ2v) is 4.14. The van der Waals surface area contributed by atoms with E-state index in [9.17, 15) is 0 Å². The van der Waals surface area contributed by atoms with Gasteiger partial charge < -0.3 is 4.74 Å². The van der Waals surface area contributed by atoms with Gasteiger partial charge in [-0.1, -0.05) is 42.5 Å². The molecule has 2 aromatic carbocycles. The maximum absolute atomic E-state index is 5.14. The maximum Gasteiger partial charge on any atom is 0.118 e. The molecule has 92 valence electrons. The van der Waals surface area contributed by atoms with Crippen LogP contribution in [-0.2, 0) is 0 Å². The number of benzene rings is 2. The summed E-state index contributed by atoms with van der Waals surface area (Å²) in [6.45, 7) is 2.08. The zero-order valence-corrected chi connectivity index (χ0v) is 10.7. The number of hydrogen-bond acceptors (Lipinski definition) is 2. The van der Waals surface area contributed by atoms with Gasteiger partial charge in [0.2, 0.25) is 0 Å². The van der Waals surface area contributed by atoms with Gasteiger partial charge in [0.15, 0.2) is 0 Å². The summed E-state index contributed by atoms with van der Waals surface area (Å²) in [6, 6.07) is 18.3. The highest BCUT2D eigenvalue weighted by molar-refractivity contribution is 5.79. The van der Waals surface area contributed by atoms with E-state index in [1.807, 2.05) is 60.8 Å². The Morgan fingerprint density at radius 3 is 2.28 bits per heavy atom. The molecular weight excluding hydrogens is 222 g/mol. The van der Waals surface area contributed by atoms with Gasteiger partial charge in [0.05, 0.1) is 13.2 Å². The van der Waals surface area contributed by atoms with Crippen molar-refractivity contribution in [3.05, 3.63) is 65.7 Å². The van der Waals surface area contributed by atoms with Crippen molar-refractivity contribution >= 4 is 6.21 Å². The molecular formula is C16H17NO. The highest BCUT2D eigenvalue weighted by atomic mass is 16.5. The van der Waals surface area contributed by atoms with Gasteiger partial charge in [-0.3, -0.25) is 4.99 Å². The Bertz CT molecular complexity index is 502. The zero-order chi connectivity index (χ0) is 12.8. The standard InChI is InChI=1S/C16H17NO/c1-13(15-8-10-16(18-2)11-9-15)17-12-14-6-4-3-5-7-14/h3-13H,1-2H3/t13-/m1/s1. The van der Waals surface area contributed by atoms with Gasteiger partial charge in [-0.2, -0.15) is 0 Å². The van der Waals surface area contributed by atoms with Crippen LogP contribution in [0.1, 0.15) is 24.1 Å². The first-order valence-electron chi connectivity index (χ1n) is 6.02.